The van der Waals surface area contributed by atoms with Crippen molar-refractivity contribution in [2.45, 2.75) is 19.9 Å². The second-order valence-corrected chi connectivity index (χ2v) is 5.30. The second kappa shape index (κ2) is 7.31. The van der Waals surface area contributed by atoms with E-state index < -0.39 is 11.9 Å². The van der Waals surface area contributed by atoms with E-state index in [0.29, 0.717) is 15.6 Å². The van der Waals surface area contributed by atoms with Crippen LogP contribution in [0.5, 0.6) is 0 Å². The number of amides is 1. The monoisotopic (exact) mass is 315 g/mol. The van der Waals surface area contributed by atoms with Crippen molar-refractivity contribution in [3.63, 3.8) is 0 Å². The molecule has 1 aromatic carbocycles. The zero-order valence-corrected chi connectivity index (χ0v) is 12.6. The molecule has 0 saturated carbocycles. The highest BCUT2D eigenvalue weighted by Crippen LogP contribution is 2.21. The lowest BCUT2D eigenvalue weighted by Gasteiger charge is -2.23. The van der Waals surface area contributed by atoms with Crippen molar-refractivity contribution in [3.05, 3.63) is 39.9 Å². The number of carboxylic acids is 1. The first-order chi connectivity index (χ1) is 9.31. The molecule has 0 unspecified atom stereocenters. The van der Waals surface area contributed by atoms with E-state index in [1.54, 1.807) is 32.0 Å². The Morgan fingerprint density at radius 1 is 1.35 bits per heavy atom. The Morgan fingerprint density at radius 3 is 2.55 bits per heavy atom. The van der Waals surface area contributed by atoms with Gasteiger partial charge in [0, 0.05) is 22.2 Å². The van der Waals surface area contributed by atoms with Crippen LogP contribution >= 0.6 is 23.2 Å². The Hall–Kier alpha value is -1.52. The van der Waals surface area contributed by atoms with Crippen LogP contribution in [0.25, 0.3) is 6.08 Å². The molecular weight excluding hydrogens is 301 g/mol. The van der Waals surface area contributed by atoms with Gasteiger partial charge in [-0.3, -0.25) is 9.59 Å². The second-order valence-electron chi connectivity index (χ2n) is 4.45. The molecular formula is C14H15Cl2NO3. The smallest absolute Gasteiger partial charge is 0.323 e. The number of rotatable bonds is 5. The molecule has 0 aliphatic heterocycles. The molecule has 0 fully saturated rings. The molecule has 0 aliphatic rings. The Kier molecular flexibility index (Phi) is 6.05. The molecule has 0 atom stereocenters. The third kappa shape index (κ3) is 4.87. The van der Waals surface area contributed by atoms with E-state index >= 15 is 0 Å². The van der Waals surface area contributed by atoms with Crippen LogP contribution in [0.3, 0.4) is 0 Å². The van der Waals surface area contributed by atoms with Gasteiger partial charge in [-0.05, 0) is 43.7 Å². The standard InChI is InChI=1S/C14H15Cl2NO3/c1-9(2)17(8-14(19)20)13(18)6-3-10-7-11(15)4-5-12(10)16/h3-7,9H,8H2,1-2H3,(H,19,20)/b6-3+. The molecule has 0 heterocycles. The molecule has 6 heteroatoms. The third-order valence-corrected chi connectivity index (χ3v) is 3.15. The van der Waals surface area contributed by atoms with Crippen LogP contribution in [-0.4, -0.2) is 34.5 Å². The molecule has 1 N–H and O–H groups in total. The van der Waals surface area contributed by atoms with E-state index in [1.165, 1.54) is 17.1 Å². The lowest BCUT2D eigenvalue weighted by molar-refractivity contribution is -0.143. The van der Waals surface area contributed by atoms with Gasteiger partial charge in [0.05, 0.1) is 0 Å². The number of hydrogen-bond donors (Lipinski definition) is 1. The maximum Gasteiger partial charge on any atom is 0.323 e. The number of halogens is 2. The number of carbonyl (C=O) groups is 2. The SMILES string of the molecule is CC(C)N(CC(=O)O)C(=O)/C=C/c1cc(Cl)ccc1Cl. The summed E-state index contributed by atoms with van der Waals surface area (Å²) in [6.07, 6.45) is 2.81. The van der Waals surface area contributed by atoms with E-state index in [2.05, 4.69) is 0 Å². The largest absolute Gasteiger partial charge is 0.480 e. The fraction of sp³-hybridized carbons (Fsp3) is 0.286. The summed E-state index contributed by atoms with van der Waals surface area (Å²) in [6.45, 7) is 3.16. The first kappa shape index (κ1) is 16.5. The molecule has 20 heavy (non-hydrogen) atoms. The zero-order valence-electron chi connectivity index (χ0n) is 11.1. The minimum absolute atomic E-state index is 0.210. The average molecular weight is 316 g/mol. The van der Waals surface area contributed by atoms with E-state index in [1.807, 2.05) is 0 Å². The Labute approximate surface area is 127 Å². The molecule has 4 nitrogen and oxygen atoms in total. The number of aliphatic carboxylic acids is 1. The fourth-order valence-corrected chi connectivity index (χ4v) is 1.92. The van der Waals surface area contributed by atoms with Crippen LogP contribution in [0.2, 0.25) is 10.0 Å². The zero-order chi connectivity index (χ0) is 15.3. The van der Waals surface area contributed by atoms with Crippen molar-refractivity contribution >= 4 is 41.2 Å². The topological polar surface area (TPSA) is 57.6 Å². The van der Waals surface area contributed by atoms with Crippen LogP contribution in [0.15, 0.2) is 24.3 Å². The summed E-state index contributed by atoms with van der Waals surface area (Å²) in [6, 6.07) is 4.70. The molecule has 0 bridgehead atoms. The number of carbonyl (C=O) groups excluding carboxylic acids is 1. The summed E-state index contributed by atoms with van der Waals surface area (Å²) in [4.78, 5) is 24.0. The number of carboxylic acid groups (broad SMARTS) is 1. The highest BCUT2D eigenvalue weighted by Gasteiger charge is 2.17. The summed E-state index contributed by atoms with van der Waals surface area (Å²) in [5.74, 6) is -1.44. The van der Waals surface area contributed by atoms with E-state index in [0.717, 1.165) is 0 Å². The molecule has 1 rings (SSSR count). The molecule has 0 aromatic heterocycles. The van der Waals surface area contributed by atoms with Gasteiger partial charge in [-0.25, -0.2) is 0 Å². The molecule has 0 aliphatic carbocycles. The Balaban J connectivity index is 2.89. The highest BCUT2D eigenvalue weighted by atomic mass is 35.5. The number of nitrogens with zero attached hydrogens (tertiary/aromatic N) is 1. The van der Waals surface area contributed by atoms with Crippen molar-refractivity contribution in [3.8, 4) is 0 Å². The van der Waals surface area contributed by atoms with Gasteiger partial charge in [0.2, 0.25) is 5.91 Å². The maximum atomic E-state index is 12.0. The van der Waals surface area contributed by atoms with E-state index in [4.69, 9.17) is 28.3 Å². The predicted octanol–water partition coefficient (Wildman–Crippen LogP) is 3.33. The molecule has 0 spiro atoms. The first-order valence-corrected chi connectivity index (χ1v) is 6.72. The molecule has 108 valence electrons. The van der Waals surface area contributed by atoms with Crippen LogP contribution in [-0.2, 0) is 9.59 Å². The van der Waals surface area contributed by atoms with Gasteiger partial charge in [-0.1, -0.05) is 23.2 Å². The average Bonchev–Trinajstić information content (AvgIpc) is 2.36. The normalized spacial score (nSPS) is 11.1. The highest BCUT2D eigenvalue weighted by molar-refractivity contribution is 6.34. The quantitative estimate of drug-likeness (QED) is 0.848. The van der Waals surface area contributed by atoms with Crippen molar-refractivity contribution in [1.29, 1.82) is 0 Å². The lowest BCUT2D eigenvalue weighted by atomic mass is 10.2. The van der Waals surface area contributed by atoms with Gasteiger partial charge >= 0.3 is 5.97 Å². The fourth-order valence-electron chi connectivity index (χ4n) is 1.56. The lowest BCUT2D eigenvalue weighted by Crippen LogP contribution is -2.39. The van der Waals surface area contributed by atoms with Gasteiger partial charge < -0.3 is 10.0 Å². The Morgan fingerprint density at radius 2 is 2.00 bits per heavy atom. The van der Waals surface area contributed by atoms with Gasteiger partial charge in [-0.15, -0.1) is 0 Å². The predicted molar refractivity (Wildman–Crippen MR) is 80.0 cm³/mol. The maximum absolute atomic E-state index is 12.0. The summed E-state index contributed by atoms with van der Waals surface area (Å²) in [7, 11) is 0. The van der Waals surface area contributed by atoms with Gasteiger partial charge in [0.25, 0.3) is 0 Å². The van der Waals surface area contributed by atoms with Gasteiger partial charge in [0.15, 0.2) is 0 Å². The van der Waals surface area contributed by atoms with E-state index in [-0.39, 0.29) is 12.6 Å². The van der Waals surface area contributed by atoms with Crippen molar-refractivity contribution in [2.75, 3.05) is 6.54 Å². The van der Waals surface area contributed by atoms with Crippen molar-refractivity contribution < 1.29 is 14.7 Å². The van der Waals surface area contributed by atoms with Crippen LogP contribution in [0.4, 0.5) is 0 Å². The first-order valence-electron chi connectivity index (χ1n) is 5.96. The van der Waals surface area contributed by atoms with Crippen LogP contribution in [0.1, 0.15) is 19.4 Å². The Bertz CT molecular complexity index is 541. The number of benzene rings is 1. The van der Waals surface area contributed by atoms with Gasteiger partial charge in [0.1, 0.15) is 6.54 Å². The minimum atomic E-state index is -1.05. The molecule has 0 saturated heterocycles. The molecule has 1 amide bonds. The minimum Gasteiger partial charge on any atom is -0.480 e. The van der Waals surface area contributed by atoms with E-state index in [9.17, 15) is 9.59 Å². The summed E-state index contributed by atoms with van der Waals surface area (Å²) in [5.41, 5.74) is 0.603. The summed E-state index contributed by atoms with van der Waals surface area (Å²) in [5, 5.41) is 9.76. The number of hydrogen-bond acceptors (Lipinski definition) is 2. The van der Waals surface area contributed by atoms with Crippen molar-refractivity contribution in [2.24, 2.45) is 0 Å². The third-order valence-electron chi connectivity index (χ3n) is 2.58. The van der Waals surface area contributed by atoms with Crippen LogP contribution in [0, 0.1) is 0 Å². The summed E-state index contributed by atoms with van der Waals surface area (Å²) >= 11 is 11.8. The molecule has 1 aromatic rings. The van der Waals surface area contributed by atoms with Crippen LogP contribution < -0.4 is 0 Å². The van der Waals surface area contributed by atoms with Crippen molar-refractivity contribution in [1.82, 2.24) is 4.90 Å². The molecule has 0 radical (unpaired) electrons. The van der Waals surface area contributed by atoms with Gasteiger partial charge in [-0.2, -0.15) is 0 Å². The summed E-state index contributed by atoms with van der Waals surface area (Å²) < 4.78 is 0.